The number of nitrogens with zero attached hydrogens (tertiary/aromatic N) is 2. The lowest BCUT2D eigenvalue weighted by Crippen LogP contribution is -2.39. The fourth-order valence-electron chi connectivity index (χ4n) is 4.79. The van der Waals surface area contributed by atoms with Crippen molar-refractivity contribution in [2.24, 2.45) is 0 Å². The maximum Gasteiger partial charge on any atom is 0.269 e. The first-order valence-corrected chi connectivity index (χ1v) is 12.1. The minimum atomic E-state index is -0.675. The van der Waals surface area contributed by atoms with E-state index in [4.69, 9.17) is 0 Å². The number of carbonyl (C=O) groups excluding carboxylic acids is 2. The summed E-state index contributed by atoms with van der Waals surface area (Å²) in [6.45, 7) is 0.959. The lowest BCUT2D eigenvalue weighted by Gasteiger charge is -2.31. The Morgan fingerprint density at radius 1 is 0.892 bits per heavy atom. The molecular formula is C30H27F2N3O2. The van der Waals surface area contributed by atoms with E-state index in [1.54, 1.807) is 43.3 Å². The van der Waals surface area contributed by atoms with Crippen LogP contribution in [-0.2, 0) is 4.79 Å². The van der Waals surface area contributed by atoms with E-state index in [9.17, 15) is 18.4 Å². The van der Waals surface area contributed by atoms with Crippen LogP contribution >= 0.6 is 0 Å². The molecule has 4 aromatic rings. The summed E-state index contributed by atoms with van der Waals surface area (Å²) in [5.41, 5.74) is 4.65. The minimum absolute atomic E-state index is 0.0981. The Hall–Kier alpha value is -4.26. The molecule has 0 fully saturated rings. The highest BCUT2D eigenvalue weighted by atomic mass is 19.1. The van der Waals surface area contributed by atoms with Crippen LogP contribution in [0.15, 0.2) is 78.9 Å². The molecule has 0 spiro atoms. The maximum atomic E-state index is 13.9. The Bertz CT molecular complexity index is 1440. The maximum absolute atomic E-state index is 13.9. The molecule has 7 heteroatoms. The third-order valence-electron chi connectivity index (χ3n) is 6.75. The van der Waals surface area contributed by atoms with Crippen LogP contribution in [0.3, 0.4) is 0 Å². The van der Waals surface area contributed by atoms with Gasteiger partial charge in [-0.15, -0.1) is 0 Å². The predicted molar refractivity (Wildman–Crippen MR) is 140 cm³/mol. The lowest BCUT2D eigenvalue weighted by atomic mass is 9.89. The van der Waals surface area contributed by atoms with Gasteiger partial charge in [-0.05, 0) is 65.1 Å². The lowest BCUT2D eigenvalue weighted by molar-refractivity contribution is -0.131. The second kappa shape index (κ2) is 10.0. The van der Waals surface area contributed by atoms with Crippen LogP contribution in [0.1, 0.15) is 39.5 Å². The van der Waals surface area contributed by atoms with Crippen LogP contribution in [0.5, 0.6) is 0 Å². The molecule has 0 aliphatic carbocycles. The summed E-state index contributed by atoms with van der Waals surface area (Å²) in [7, 11) is 3.42. The van der Waals surface area contributed by atoms with Crippen molar-refractivity contribution in [3.8, 4) is 0 Å². The molecule has 1 aliphatic heterocycles. The van der Waals surface area contributed by atoms with Gasteiger partial charge in [-0.1, -0.05) is 42.5 Å². The number of aromatic amines is 1. The number of rotatable bonds is 5. The number of benzene rings is 3. The van der Waals surface area contributed by atoms with Gasteiger partial charge in [0.2, 0.25) is 5.91 Å². The number of aromatic nitrogens is 1. The van der Waals surface area contributed by atoms with Crippen molar-refractivity contribution in [1.29, 1.82) is 0 Å². The number of hydrogen-bond donors (Lipinski definition) is 1. The van der Waals surface area contributed by atoms with E-state index < -0.39 is 5.92 Å². The number of halogens is 2. The smallest absolute Gasteiger partial charge is 0.269 e. The first-order chi connectivity index (χ1) is 17.8. The molecule has 2 heterocycles. The summed E-state index contributed by atoms with van der Waals surface area (Å²) in [6.07, 6.45) is 2.82. The van der Waals surface area contributed by atoms with Crippen LogP contribution < -0.4 is 0 Å². The van der Waals surface area contributed by atoms with Gasteiger partial charge in [0, 0.05) is 38.1 Å². The first kappa shape index (κ1) is 24.4. The molecule has 0 saturated carbocycles. The molecule has 0 bridgehead atoms. The molecule has 3 aromatic carbocycles. The largest absolute Gasteiger partial charge is 0.351 e. The fraction of sp³-hybridized carbons (Fsp3) is 0.200. The number of fused-ring (bicyclic) bond motifs is 1. The van der Waals surface area contributed by atoms with Gasteiger partial charge >= 0.3 is 0 Å². The number of H-pyrrole nitrogens is 1. The van der Waals surface area contributed by atoms with Crippen LogP contribution in [0.2, 0.25) is 0 Å². The second-order valence-corrected chi connectivity index (χ2v) is 9.50. The van der Waals surface area contributed by atoms with Crippen molar-refractivity contribution in [3.05, 3.63) is 113 Å². The molecule has 1 N–H and O–H groups in total. The van der Waals surface area contributed by atoms with E-state index >= 15 is 0 Å². The average Bonchev–Trinajstić information content (AvgIpc) is 3.34. The monoisotopic (exact) mass is 499 g/mol. The highest BCUT2D eigenvalue weighted by molar-refractivity contribution is 5.98. The van der Waals surface area contributed by atoms with E-state index in [2.05, 4.69) is 11.1 Å². The van der Waals surface area contributed by atoms with Crippen molar-refractivity contribution < 1.29 is 18.4 Å². The Morgan fingerprint density at radius 2 is 1.51 bits per heavy atom. The molecule has 1 aliphatic rings. The van der Waals surface area contributed by atoms with Gasteiger partial charge in [-0.25, -0.2) is 8.78 Å². The molecule has 1 aromatic heterocycles. The fourth-order valence-corrected chi connectivity index (χ4v) is 4.79. The molecule has 0 radical (unpaired) electrons. The molecule has 188 valence electrons. The van der Waals surface area contributed by atoms with Gasteiger partial charge in [-0.3, -0.25) is 9.59 Å². The number of nitrogens with one attached hydrogen (secondary N) is 1. The van der Waals surface area contributed by atoms with Crippen molar-refractivity contribution in [2.45, 2.75) is 12.3 Å². The topological polar surface area (TPSA) is 56.4 Å². The summed E-state index contributed by atoms with van der Waals surface area (Å²) in [5, 5.41) is 0.936. The Kier molecular flexibility index (Phi) is 6.61. The molecule has 5 rings (SSSR count). The van der Waals surface area contributed by atoms with E-state index in [0.717, 1.165) is 22.0 Å². The van der Waals surface area contributed by atoms with Gasteiger partial charge in [0.15, 0.2) is 0 Å². The van der Waals surface area contributed by atoms with E-state index in [-0.39, 0.29) is 23.4 Å². The third-order valence-corrected chi connectivity index (χ3v) is 6.75. The van der Waals surface area contributed by atoms with E-state index in [1.165, 1.54) is 29.2 Å². The molecule has 0 saturated heterocycles. The van der Waals surface area contributed by atoms with Crippen molar-refractivity contribution in [1.82, 2.24) is 14.8 Å². The third kappa shape index (κ3) is 5.03. The minimum Gasteiger partial charge on any atom is -0.351 e. The molecule has 37 heavy (non-hydrogen) atoms. The summed E-state index contributed by atoms with van der Waals surface area (Å²) < 4.78 is 27.2. The molecular weight excluding hydrogens is 472 g/mol. The standard InChI is InChI=1S/C30H27F2N3O2/c1-34(2)29(36)27-17-22-6-5-21(16-26(22)33-27)23-4-3-15-35(18-23)30(37)28(19-7-11-24(31)12-8-19)20-9-13-25(32)14-10-20/h4-14,16-17,28,33H,3,15,18H2,1-2H3. The van der Waals surface area contributed by atoms with Crippen molar-refractivity contribution >= 4 is 28.3 Å². The summed E-state index contributed by atoms with van der Waals surface area (Å²) >= 11 is 0. The zero-order valence-corrected chi connectivity index (χ0v) is 20.7. The molecule has 0 atom stereocenters. The zero-order valence-electron chi connectivity index (χ0n) is 20.7. The van der Waals surface area contributed by atoms with Crippen molar-refractivity contribution in [3.63, 3.8) is 0 Å². The Morgan fingerprint density at radius 3 is 2.11 bits per heavy atom. The molecule has 0 unspecified atom stereocenters. The highest BCUT2D eigenvalue weighted by Crippen LogP contribution is 2.31. The van der Waals surface area contributed by atoms with Crippen LogP contribution in [-0.4, -0.2) is 53.8 Å². The van der Waals surface area contributed by atoms with E-state index in [0.29, 0.717) is 36.3 Å². The van der Waals surface area contributed by atoms with Crippen molar-refractivity contribution in [2.75, 3.05) is 27.2 Å². The first-order valence-electron chi connectivity index (χ1n) is 12.1. The molecule has 5 nitrogen and oxygen atoms in total. The quantitative estimate of drug-likeness (QED) is 0.389. The summed E-state index contributed by atoms with van der Waals surface area (Å²) in [6, 6.07) is 19.6. The SMILES string of the molecule is CN(C)C(=O)c1cc2ccc(C3=CCCN(C(=O)C(c4ccc(F)cc4)c4ccc(F)cc4)C3)cc2[nH]1. The normalized spacial score (nSPS) is 13.6. The Labute approximate surface area is 214 Å². The number of amides is 2. The van der Waals surface area contributed by atoms with Gasteiger partial charge in [0.25, 0.3) is 5.91 Å². The summed E-state index contributed by atoms with van der Waals surface area (Å²) in [4.78, 5) is 32.7. The summed E-state index contributed by atoms with van der Waals surface area (Å²) in [5.74, 6) is -1.66. The van der Waals surface area contributed by atoms with Gasteiger partial charge in [-0.2, -0.15) is 0 Å². The van der Waals surface area contributed by atoms with Crippen LogP contribution in [0.25, 0.3) is 16.5 Å². The Balaban J connectivity index is 1.43. The molecule has 2 amide bonds. The van der Waals surface area contributed by atoms with Crippen LogP contribution in [0, 0.1) is 11.6 Å². The van der Waals surface area contributed by atoms with E-state index in [1.807, 2.05) is 24.3 Å². The second-order valence-electron chi connectivity index (χ2n) is 9.50. The van der Waals surface area contributed by atoms with Gasteiger partial charge < -0.3 is 14.8 Å². The van der Waals surface area contributed by atoms with Crippen LogP contribution in [0.4, 0.5) is 8.78 Å². The predicted octanol–water partition coefficient (Wildman–Crippen LogP) is 5.60. The van der Waals surface area contributed by atoms with Gasteiger partial charge in [0.1, 0.15) is 17.3 Å². The zero-order chi connectivity index (χ0) is 26.1. The average molecular weight is 500 g/mol. The number of hydrogen-bond acceptors (Lipinski definition) is 2. The van der Waals surface area contributed by atoms with Gasteiger partial charge in [0.05, 0.1) is 5.92 Å². The number of carbonyl (C=O) groups is 2. The highest BCUT2D eigenvalue weighted by Gasteiger charge is 2.29.